The molecule has 1 aliphatic rings. The maximum Gasteiger partial charge on any atom is 0.280 e. The van der Waals surface area contributed by atoms with Crippen molar-refractivity contribution in [2.75, 3.05) is 38.2 Å². The molecule has 2 heterocycles. The molecule has 5 nitrogen and oxygen atoms in total. The summed E-state index contributed by atoms with van der Waals surface area (Å²) >= 11 is 1.44. The lowest BCUT2D eigenvalue weighted by molar-refractivity contribution is -0.899. The van der Waals surface area contributed by atoms with E-state index in [1.807, 2.05) is 31.2 Å². The first-order valence-electron chi connectivity index (χ1n) is 8.05. The van der Waals surface area contributed by atoms with Crippen molar-refractivity contribution in [1.82, 2.24) is 0 Å². The number of hydrogen-bond donors (Lipinski definition) is 2. The number of ketones is 1. The van der Waals surface area contributed by atoms with Crippen LogP contribution in [0.15, 0.2) is 36.4 Å². The van der Waals surface area contributed by atoms with Gasteiger partial charge in [-0.1, -0.05) is 30.3 Å². The van der Waals surface area contributed by atoms with E-state index < -0.39 is 0 Å². The molecule has 0 unspecified atom stereocenters. The van der Waals surface area contributed by atoms with Gasteiger partial charge in [0.1, 0.15) is 18.1 Å². The van der Waals surface area contributed by atoms with Gasteiger partial charge < -0.3 is 15.0 Å². The minimum atomic E-state index is -0.0611. The smallest absolute Gasteiger partial charge is 0.280 e. The van der Waals surface area contributed by atoms with E-state index in [2.05, 4.69) is 5.32 Å². The molecule has 1 amide bonds. The Morgan fingerprint density at radius 3 is 2.62 bits per heavy atom. The molecular formula is C18H21N2O3S+. The summed E-state index contributed by atoms with van der Waals surface area (Å²) in [5.41, 5.74) is 1.19. The van der Waals surface area contributed by atoms with E-state index >= 15 is 0 Å². The Bertz CT molecular complexity index is 721. The van der Waals surface area contributed by atoms with E-state index in [0.29, 0.717) is 35.9 Å². The molecule has 0 aliphatic carbocycles. The zero-order valence-corrected chi connectivity index (χ0v) is 14.4. The first-order chi connectivity index (χ1) is 11.6. The maximum atomic E-state index is 12.7. The molecule has 3 rings (SSSR count). The standard InChI is InChI=1S/C18H20N2O3S/c1-13-11-15(17(22)14-5-3-2-4-6-14)18(24-13)19-16(21)12-20-7-9-23-10-8-20/h2-6,11H,7-10,12H2,1H3,(H,19,21)/p+1. The first-order valence-corrected chi connectivity index (χ1v) is 8.86. The predicted molar refractivity (Wildman–Crippen MR) is 93.9 cm³/mol. The lowest BCUT2D eigenvalue weighted by Gasteiger charge is -2.23. The average Bonchev–Trinajstić information content (AvgIpc) is 2.96. The Kier molecular flexibility index (Phi) is 5.40. The number of morpholine rings is 1. The van der Waals surface area contributed by atoms with Crippen molar-refractivity contribution in [1.29, 1.82) is 0 Å². The van der Waals surface area contributed by atoms with Crippen molar-refractivity contribution in [3.05, 3.63) is 52.4 Å². The second-order valence-electron chi connectivity index (χ2n) is 5.88. The first kappa shape index (κ1) is 16.8. The van der Waals surface area contributed by atoms with Crippen LogP contribution in [0.4, 0.5) is 5.00 Å². The highest BCUT2D eigenvalue weighted by atomic mass is 32.1. The fraction of sp³-hybridized carbons (Fsp3) is 0.333. The van der Waals surface area contributed by atoms with Crippen molar-refractivity contribution < 1.29 is 19.2 Å². The molecule has 2 N–H and O–H groups in total. The summed E-state index contributed by atoms with van der Waals surface area (Å²) < 4.78 is 5.31. The summed E-state index contributed by atoms with van der Waals surface area (Å²) in [6, 6.07) is 11.0. The van der Waals surface area contributed by atoms with Gasteiger partial charge in [0, 0.05) is 10.4 Å². The van der Waals surface area contributed by atoms with Gasteiger partial charge in [0.05, 0.1) is 18.8 Å². The van der Waals surface area contributed by atoms with Crippen LogP contribution in [0.25, 0.3) is 0 Å². The molecule has 126 valence electrons. The normalized spacial score (nSPS) is 15.2. The molecule has 1 aromatic carbocycles. The van der Waals surface area contributed by atoms with Crippen molar-refractivity contribution >= 4 is 28.0 Å². The van der Waals surface area contributed by atoms with E-state index in [1.54, 1.807) is 12.1 Å². The van der Waals surface area contributed by atoms with Gasteiger partial charge in [0.2, 0.25) is 0 Å². The monoisotopic (exact) mass is 345 g/mol. The number of hydrogen-bond acceptors (Lipinski definition) is 4. The topological polar surface area (TPSA) is 59.8 Å². The van der Waals surface area contributed by atoms with Crippen LogP contribution in [0.1, 0.15) is 20.8 Å². The van der Waals surface area contributed by atoms with Gasteiger partial charge in [-0.3, -0.25) is 9.59 Å². The van der Waals surface area contributed by atoms with Crippen LogP contribution in [0.5, 0.6) is 0 Å². The van der Waals surface area contributed by atoms with Crippen molar-refractivity contribution in [3.8, 4) is 0 Å². The van der Waals surface area contributed by atoms with E-state index in [1.165, 1.54) is 16.2 Å². The third-order valence-corrected chi connectivity index (χ3v) is 4.97. The molecule has 0 spiro atoms. The maximum absolute atomic E-state index is 12.7. The zero-order chi connectivity index (χ0) is 16.9. The summed E-state index contributed by atoms with van der Waals surface area (Å²) in [6.07, 6.45) is 0. The van der Waals surface area contributed by atoms with Crippen LogP contribution in [0.3, 0.4) is 0 Å². The third-order valence-electron chi connectivity index (χ3n) is 4.00. The van der Waals surface area contributed by atoms with Crippen LogP contribution in [-0.2, 0) is 9.53 Å². The quantitative estimate of drug-likeness (QED) is 0.799. The predicted octanol–water partition coefficient (Wildman–Crippen LogP) is 1.14. The molecule has 0 saturated carbocycles. The molecule has 1 saturated heterocycles. The fourth-order valence-electron chi connectivity index (χ4n) is 2.76. The molecule has 0 radical (unpaired) electrons. The summed E-state index contributed by atoms with van der Waals surface area (Å²) in [7, 11) is 0. The highest BCUT2D eigenvalue weighted by Gasteiger charge is 2.21. The number of ether oxygens (including phenoxy) is 1. The number of rotatable bonds is 5. The molecule has 2 aromatic rings. The van der Waals surface area contributed by atoms with Crippen LogP contribution in [0.2, 0.25) is 0 Å². The lowest BCUT2D eigenvalue weighted by Crippen LogP contribution is -3.15. The second-order valence-corrected chi connectivity index (χ2v) is 7.14. The number of nitrogens with one attached hydrogen (secondary N) is 2. The zero-order valence-electron chi connectivity index (χ0n) is 13.6. The number of thiophene rings is 1. The summed E-state index contributed by atoms with van der Waals surface area (Å²) in [5.74, 6) is -0.121. The van der Waals surface area contributed by atoms with Gasteiger partial charge in [0.15, 0.2) is 12.3 Å². The van der Waals surface area contributed by atoms with Gasteiger partial charge in [-0.25, -0.2) is 0 Å². The molecule has 0 bridgehead atoms. The van der Waals surface area contributed by atoms with E-state index in [0.717, 1.165) is 18.0 Å². The number of amides is 1. The number of quaternary nitrogens is 1. The van der Waals surface area contributed by atoms with Gasteiger partial charge >= 0.3 is 0 Å². The summed E-state index contributed by atoms with van der Waals surface area (Å²) in [6.45, 7) is 5.41. The highest BCUT2D eigenvalue weighted by Crippen LogP contribution is 2.29. The SMILES string of the molecule is Cc1cc(C(=O)c2ccccc2)c(NC(=O)C[NH+]2CCOCC2)s1. The molecule has 24 heavy (non-hydrogen) atoms. The van der Waals surface area contributed by atoms with Gasteiger partial charge in [-0.05, 0) is 13.0 Å². The van der Waals surface area contributed by atoms with Crippen molar-refractivity contribution in [3.63, 3.8) is 0 Å². The van der Waals surface area contributed by atoms with E-state index in [9.17, 15) is 9.59 Å². The Morgan fingerprint density at radius 2 is 1.92 bits per heavy atom. The number of benzene rings is 1. The van der Waals surface area contributed by atoms with Crippen LogP contribution in [0, 0.1) is 6.92 Å². The molecule has 1 aliphatic heterocycles. The van der Waals surface area contributed by atoms with Crippen LogP contribution < -0.4 is 10.2 Å². The Morgan fingerprint density at radius 1 is 1.21 bits per heavy atom. The number of anilines is 1. The van der Waals surface area contributed by atoms with E-state index in [4.69, 9.17) is 4.74 Å². The molecule has 1 aromatic heterocycles. The minimum Gasteiger partial charge on any atom is -0.370 e. The van der Waals surface area contributed by atoms with Crippen molar-refractivity contribution in [2.45, 2.75) is 6.92 Å². The van der Waals surface area contributed by atoms with Gasteiger partial charge in [-0.2, -0.15) is 0 Å². The number of carbonyl (C=O) groups is 2. The second kappa shape index (κ2) is 7.70. The Labute approximate surface area is 145 Å². The molecule has 1 fully saturated rings. The fourth-order valence-corrected chi connectivity index (χ4v) is 3.68. The average molecular weight is 345 g/mol. The van der Waals surface area contributed by atoms with Crippen LogP contribution in [-0.4, -0.2) is 44.5 Å². The largest absolute Gasteiger partial charge is 0.370 e. The van der Waals surface area contributed by atoms with E-state index in [-0.39, 0.29) is 11.7 Å². The number of aryl methyl sites for hydroxylation is 1. The summed E-state index contributed by atoms with van der Waals surface area (Å²) in [5, 5.41) is 3.56. The highest BCUT2D eigenvalue weighted by molar-refractivity contribution is 7.16. The summed E-state index contributed by atoms with van der Waals surface area (Å²) in [4.78, 5) is 27.2. The molecular weight excluding hydrogens is 324 g/mol. The molecule has 6 heteroatoms. The molecule has 0 atom stereocenters. The van der Waals surface area contributed by atoms with Gasteiger partial charge in [0.25, 0.3) is 5.91 Å². The lowest BCUT2D eigenvalue weighted by atomic mass is 10.1. The minimum absolute atomic E-state index is 0.0594. The Balaban J connectivity index is 1.72. The van der Waals surface area contributed by atoms with Crippen LogP contribution >= 0.6 is 11.3 Å². The third kappa shape index (κ3) is 4.08. The Hall–Kier alpha value is -2.02. The van der Waals surface area contributed by atoms with Crippen molar-refractivity contribution in [2.24, 2.45) is 0 Å². The number of carbonyl (C=O) groups excluding carboxylic acids is 2. The van der Waals surface area contributed by atoms with Gasteiger partial charge in [-0.15, -0.1) is 11.3 Å².